The molecule has 3 rings (SSSR count). The summed E-state index contributed by atoms with van der Waals surface area (Å²) in [6.07, 6.45) is 5.32. The SMILES string of the molecule is Fc1cc(NC2CC3CCC2C3)ccc1Cl. The number of hydrogen-bond acceptors (Lipinski definition) is 1. The van der Waals surface area contributed by atoms with Crippen LogP contribution in [0.25, 0.3) is 0 Å². The van der Waals surface area contributed by atoms with E-state index in [9.17, 15) is 4.39 Å². The third kappa shape index (κ3) is 1.80. The lowest BCUT2D eigenvalue weighted by molar-refractivity contribution is 0.439. The smallest absolute Gasteiger partial charge is 0.143 e. The zero-order chi connectivity index (χ0) is 11.1. The number of benzene rings is 1. The van der Waals surface area contributed by atoms with Crippen LogP contribution in [0.15, 0.2) is 18.2 Å². The Hall–Kier alpha value is -0.760. The van der Waals surface area contributed by atoms with Crippen molar-refractivity contribution in [1.82, 2.24) is 0 Å². The number of rotatable bonds is 2. The number of hydrogen-bond donors (Lipinski definition) is 1. The van der Waals surface area contributed by atoms with Gasteiger partial charge in [0.25, 0.3) is 0 Å². The van der Waals surface area contributed by atoms with Crippen molar-refractivity contribution in [2.24, 2.45) is 11.8 Å². The molecule has 0 aliphatic heterocycles. The van der Waals surface area contributed by atoms with Crippen LogP contribution in [-0.4, -0.2) is 6.04 Å². The van der Waals surface area contributed by atoms with E-state index < -0.39 is 0 Å². The fraction of sp³-hybridized carbons (Fsp3) is 0.538. The minimum absolute atomic E-state index is 0.193. The van der Waals surface area contributed by atoms with Crippen molar-refractivity contribution in [3.8, 4) is 0 Å². The summed E-state index contributed by atoms with van der Waals surface area (Å²) in [6.45, 7) is 0. The van der Waals surface area contributed by atoms with E-state index >= 15 is 0 Å². The second-order valence-electron chi connectivity index (χ2n) is 5.05. The van der Waals surface area contributed by atoms with Gasteiger partial charge in [0.2, 0.25) is 0 Å². The lowest BCUT2D eigenvalue weighted by Gasteiger charge is -2.24. The maximum Gasteiger partial charge on any atom is 0.143 e. The summed E-state index contributed by atoms with van der Waals surface area (Å²) >= 11 is 5.66. The number of halogens is 2. The Bertz CT molecular complexity index is 407. The molecule has 0 spiro atoms. The summed E-state index contributed by atoms with van der Waals surface area (Å²) in [6, 6.07) is 5.51. The van der Waals surface area contributed by atoms with Crippen LogP contribution in [0.1, 0.15) is 25.7 Å². The lowest BCUT2D eigenvalue weighted by atomic mass is 9.95. The molecule has 86 valence electrons. The highest BCUT2D eigenvalue weighted by Crippen LogP contribution is 2.45. The topological polar surface area (TPSA) is 12.0 Å². The average molecular weight is 240 g/mol. The van der Waals surface area contributed by atoms with Gasteiger partial charge in [-0.15, -0.1) is 0 Å². The molecular weight excluding hydrogens is 225 g/mol. The van der Waals surface area contributed by atoms with Gasteiger partial charge in [0, 0.05) is 11.7 Å². The molecule has 0 aromatic heterocycles. The van der Waals surface area contributed by atoms with Crippen LogP contribution in [-0.2, 0) is 0 Å². The van der Waals surface area contributed by atoms with Crippen LogP contribution >= 0.6 is 11.6 Å². The van der Waals surface area contributed by atoms with Gasteiger partial charge in [-0.05, 0) is 49.3 Å². The predicted octanol–water partition coefficient (Wildman–Crippen LogP) is 4.08. The zero-order valence-corrected chi connectivity index (χ0v) is 9.80. The van der Waals surface area contributed by atoms with Crippen molar-refractivity contribution < 1.29 is 4.39 Å². The predicted molar refractivity (Wildman–Crippen MR) is 64.3 cm³/mol. The van der Waals surface area contributed by atoms with E-state index in [1.807, 2.05) is 6.07 Å². The largest absolute Gasteiger partial charge is 0.382 e. The van der Waals surface area contributed by atoms with Crippen LogP contribution < -0.4 is 5.32 Å². The van der Waals surface area contributed by atoms with Crippen LogP contribution in [0.3, 0.4) is 0 Å². The quantitative estimate of drug-likeness (QED) is 0.820. The van der Waals surface area contributed by atoms with Crippen molar-refractivity contribution >= 4 is 17.3 Å². The van der Waals surface area contributed by atoms with Crippen molar-refractivity contribution in [1.29, 1.82) is 0 Å². The summed E-state index contributed by atoms with van der Waals surface area (Å²) in [4.78, 5) is 0. The molecule has 3 heteroatoms. The Balaban J connectivity index is 1.72. The van der Waals surface area contributed by atoms with Gasteiger partial charge < -0.3 is 5.32 Å². The summed E-state index contributed by atoms with van der Waals surface area (Å²) in [5, 5.41) is 3.63. The minimum atomic E-state index is -0.338. The molecule has 3 unspecified atom stereocenters. The van der Waals surface area contributed by atoms with E-state index in [0.29, 0.717) is 6.04 Å². The average Bonchev–Trinajstić information content (AvgIpc) is 2.85. The molecule has 2 bridgehead atoms. The Kier molecular flexibility index (Phi) is 2.55. The summed E-state index contributed by atoms with van der Waals surface area (Å²) in [7, 11) is 0. The molecule has 2 saturated carbocycles. The van der Waals surface area contributed by atoms with Gasteiger partial charge in [-0.3, -0.25) is 0 Å². The highest BCUT2D eigenvalue weighted by atomic mass is 35.5. The van der Waals surface area contributed by atoms with Gasteiger partial charge in [-0.2, -0.15) is 0 Å². The molecule has 1 aromatic rings. The van der Waals surface area contributed by atoms with Gasteiger partial charge >= 0.3 is 0 Å². The molecule has 1 nitrogen and oxygen atoms in total. The summed E-state index contributed by atoms with van der Waals surface area (Å²) in [5.74, 6) is 1.36. The molecule has 0 radical (unpaired) electrons. The van der Waals surface area contributed by atoms with Gasteiger partial charge in [0.05, 0.1) is 5.02 Å². The normalized spacial score (nSPS) is 32.0. The van der Waals surface area contributed by atoms with Crippen LogP contribution in [0.5, 0.6) is 0 Å². The summed E-state index contributed by atoms with van der Waals surface area (Å²) in [5.41, 5.74) is 0.861. The highest BCUT2D eigenvalue weighted by Gasteiger charge is 2.39. The second-order valence-corrected chi connectivity index (χ2v) is 5.46. The van der Waals surface area contributed by atoms with E-state index in [4.69, 9.17) is 11.6 Å². The number of fused-ring (bicyclic) bond motifs is 2. The Morgan fingerprint density at radius 2 is 2.12 bits per heavy atom. The van der Waals surface area contributed by atoms with Gasteiger partial charge in [0.15, 0.2) is 0 Å². The molecule has 1 N–H and O–H groups in total. The minimum Gasteiger partial charge on any atom is -0.382 e. The van der Waals surface area contributed by atoms with E-state index in [1.54, 1.807) is 6.07 Å². The van der Waals surface area contributed by atoms with Crippen molar-refractivity contribution in [2.75, 3.05) is 5.32 Å². The molecule has 3 atom stereocenters. The first-order valence-corrected chi connectivity index (χ1v) is 6.32. The third-order valence-corrected chi connectivity index (χ3v) is 4.32. The monoisotopic (exact) mass is 239 g/mol. The molecule has 0 saturated heterocycles. The second kappa shape index (κ2) is 3.92. The third-order valence-electron chi connectivity index (χ3n) is 4.01. The van der Waals surface area contributed by atoms with Gasteiger partial charge in [-0.1, -0.05) is 18.0 Å². The van der Waals surface area contributed by atoms with Gasteiger partial charge in [-0.25, -0.2) is 4.39 Å². The molecule has 0 heterocycles. The van der Waals surface area contributed by atoms with Gasteiger partial charge in [0.1, 0.15) is 5.82 Å². The molecule has 0 amide bonds. The van der Waals surface area contributed by atoms with Crippen molar-refractivity contribution in [2.45, 2.75) is 31.7 Å². The molecule has 2 fully saturated rings. The summed E-state index contributed by atoms with van der Waals surface area (Å²) < 4.78 is 13.3. The van der Waals surface area contributed by atoms with E-state index in [0.717, 1.165) is 17.5 Å². The lowest BCUT2D eigenvalue weighted by Crippen LogP contribution is -2.25. The van der Waals surface area contributed by atoms with E-state index in [1.165, 1.54) is 31.7 Å². The van der Waals surface area contributed by atoms with E-state index in [2.05, 4.69) is 5.32 Å². The molecule has 1 aromatic carbocycles. The molecular formula is C13H15ClFN. The van der Waals surface area contributed by atoms with Crippen molar-refractivity contribution in [3.05, 3.63) is 29.0 Å². The number of anilines is 1. The Morgan fingerprint density at radius 3 is 2.75 bits per heavy atom. The maximum absolute atomic E-state index is 13.3. The first-order valence-electron chi connectivity index (χ1n) is 5.94. The molecule has 2 aliphatic carbocycles. The van der Waals surface area contributed by atoms with E-state index in [-0.39, 0.29) is 10.8 Å². The maximum atomic E-state index is 13.3. The Morgan fingerprint density at radius 1 is 1.25 bits per heavy atom. The van der Waals surface area contributed by atoms with Crippen molar-refractivity contribution in [3.63, 3.8) is 0 Å². The highest BCUT2D eigenvalue weighted by molar-refractivity contribution is 6.30. The zero-order valence-electron chi connectivity index (χ0n) is 9.05. The first kappa shape index (κ1) is 10.4. The fourth-order valence-corrected chi connectivity index (χ4v) is 3.34. The Labute approximate surface area is 100.0 Å². The van der Waals surface area contributed by atoms with Crippen LogP contribution in [0.4, 0.5) is 10.1 Å². The standard InChI is InChI=1S/C13H15ClFN/c14-11-4-3-10(7-12(11)15)16-13-6-8-1-2-9(13)5-8/h3-4,7-9,13,16H,1-2,5-6H2. The first-order chi connectivity index (χ1) is 7.72. The fourth-order valence-electron chi connectivity index (χ4n) is 3.22. The van der Waals surface area contributed by atoms with Crippen LogP contribution in [0, 0.1) is 17.7 Å². The van der Waals surface area contributed by atoms with Crippen LogP contribution in [0.2, 0.25) is 5.02 Å². The molecule has 16 heavy (non-hydrogen) atoms. The number of nitrogens with one attached hydrogen (secondary N) is 1. The molecule has 2 aliphatic rings.